The van der Waals surface area contributed by atoms with Gasteiger partial charge in [-0.2, -0.15) is 0 Å². The lowest BCUT2D eigenvalue weighted by molar-refractivity contribution is -0.117. The van der Waals surface area contributed by atoms with Crippen molar-refractivity contribution in [3.63, 3.8) is 0 Å². The van der Waals surface area contributed by atoms with E-state index < -0.39 is 5.82 Å². The van der Waals surface area contributed by atoms with E-state index in [1.807, 2.05) is 11.9 Å². The molecule has 1 atom stereocenters. The van der Waals surface area contributed by atoms with Gasteiger partial charge in [0.25, 0.3) is 0 Å². The number of benzene rings is 1. The zero-order chi connectivity index (χ0) is 15.4. The van der Waals surface area contributed by atoms with Crippen LogP contribution in [0.4, 0.5) is 15.8 Å². The van der Waals surface area contributed by atoms with E-state index in [1.54, 1.807) is 0 Å². The van der Waals surface area contributed by atoms with Gasteiger partial charge in [-0.3, -0.25) is 9.69 Å². The van der Waals surface area contributed by atoms with E-state index in [4.69, 9.17) is 5.73 Å². The summed E-state index contributed by atoms with van der Waals surface area (Å²) < 4.78 is 13.1. The van der Waals surface area contributed by atoms with E-state index in [0.717, 1.165) is 19.6 Å². The van der Waals surface area contributed by atoms with Crippen LogP contribution in [0.3, 0.4) is 0 Å². The van der Waals surface area contributed by atoms with Crippen LogP contribution in [0, 0.1) is 11.7 Å². The first-order valence-electron chi connectivity index (χ1n) is 7.16. The number of nitrogens with zero attached hydrogens (tertiary/aromatic N) is 2. The van der Waals surface area contributed by atoms with Gasteiger partial charge in [0.1, 0.15) is 5.82 Å². The van der Waals surface area contributed by atoms with Crippen LogP contribution in [0.5, 0.6) is 0 Å². The Balaban J connectivity index is 1.82. The number of anilines is 2. The minimum absolute atomic E-state index is 0.179. The molecular weight excluding hydrogens is 271 g/mol. The van der Waals surface area contributed by atoms with Crippen molar-refractivity contribution in [3.05, 3.63) is 24.0 Å². The highest BCUT2D eigenvalue weighted by molar-refractivity contribution is 5.95. The zero-order valence-electron chi connectivity index (χ0n) is 12.6. The minimum atomic E-state index is -0.415. The number of halogens is 1. The van der Waals surface area contributed by atoms with Crippen molar-refractivity contribution in [3.8, 4) is 0 Å². The molecule has 6 heteroatoms. The zero-order valence-corrected chi connectivity index (χ0v) is 12.6. The molecule has 1 saturated heterocycles. The number of carbonyl (C=O) groups is 1. The molecule has 0 aromatic heterocycles. The van der Waals surface area contributed by atoms with E-state index in [0.29, 0.717) is 17.3 Å². The number of nitrogen functional groups attached to an aromatic ring is 1. The quantitative estimate of drug-likeness (QED) is 0.802. The fourth-order valence-electron chi connectivity index (χ4n) is 2.75. The molecule has 0 saturated carbocycles. The largest absolute Gasteiger partial charge is 0.397 e. The van der Waals surface area contributed by atoms with Crippen molar-refractivity contribution in [1.82, 2.24) is 9.80 Å². The molecule has 1 aromatic rings. The first kappa shape index (κ1) is 15.7. The number of rotatable bonds is 5. The summed E-state index contributed by atoms with van der Waals surface area (Å²) in [6, 6.07) is 3.95. The first-order chi connectivity index (χ1) is 9.94. The molecule has 1 unspecified atom stereocenters. The number of hydrogen-bond acceptors (Lipinski definition) is 4. The maximum absolute atomic E-state index is 13.1. The van der Waals surface area contributed by atoms with Crippen LogP contribution in [0.2, 0.25) is 0 Å². The molecule has 1 amide bonds. The van der Waals surface area contributed by atoms with Crippen LogP contribution in [0.25, 0.3) is 0 Å². The first-order valence-corrected chi connectivity index (χ1v) is 7.16. The molecule has 5 nitrogen and oxygen atoms in total. The number of amides is 1. The SMILES string of the molecule is CN1CCC(CN(C)CC(=O)Nc2cc(F)ccc2N)C1. The van der Waals surface area contributed by atoms with Gasteiger partial charge in [0.05, 0.1) is 17.9 Å². The average Bonchev–Trinajstić information content (AvgIpc) is 2.79. The number of nitrogens with two attached hydrogens (primary N) is 1. The van der Waals surface area contributed by atoms with Crippen molar-refractivity contribution in [2.24, 2.45) is 5.92 Å². The Morgan fingerprint density at radius 1 is 1.57 bits per heavy atom. The summed E-state index contributed by atoms with van der Waals surface area (Å²) in [6.07, 6.45) is 1.17. The van der Waals surface area contributed by atoms with Gasteiger partial charge in [-0.05, 0) is 51.2 Å². The molecule has 0 bridgehead atoms. The van der Waals surface area contributed by atoms with Crippen LogP contribution in [-0.2, 0) is 4.79 Å². The van der Waals surface area contributed by atoms with Crippen molar-refractivity contribution in [2.75, 3.05) is 51.3 Å². The predicted octanol–water partition coefficient (Wildman–Crippen LogP) is 1.23. The summed E-state index contributed by atoms with van der Waals surface area (Å²) in [5, 5.41) is 2.66. The van der Waals surface area contributed by atoms with E-state index in [-0.39, 0.29) is 12.5 Å². The lowest BCUT2D eigenvalue weighted by Gasteiger charge is -2.20. The Labute approximate surface area is 124 Å². The maximum atomic E-state index is 13.1. The van der Waals surface area contributed by atoms with Crippen LogP contribution in [0.15, 0.2) is 18.2 Å². The Morgan fingerprint density at radius 3 is 3.00 bits per heavy atom. The lowest BCUT2D eigenvalue weighted by Crippen LogP contribution is -2.34. The summed E-state index contributed by atoms with van der Waals surface area (Å²) in [4.78, 5) is 16.3. The van der Waals surface area contributed by atoms with Gasteiger partial charge >= 0.3 is 0 Å². The molecule has 3 N–H and O–H groups in total. The Hall–Kier alpha value is -1.66. The number of carbonyl (C=O) groups excluding carboxylic acids is 1. The number of likely N-dealkylation sites (tertiary alicyclic amines) is 1. The second-order valence-electron chi connectivity index (χ2n) is 5.89. The molecule has 1 aliphatic heterocycles. The highest BCUT2D eigenvalue weighted by Gasteiger charge is 2.21. The van der Waals surface area contributed by atoms with Gasteiger partial charge in [0, 0.05) is 13.1 Å². The topological polar surface area (TPSA) is 61.6 Å². The molecule has 116 valence electrons. The third-order valence-electron chi connectivity index (χ3n) is 3.76. The van der Waals surface area contributed by atoms with Crippen LogP contribution >= 0.6 is 0 Å². The Bertz CT molecular complexity index is 508. The van der Waals surface area contributed by atoms with E-state index >= 15 is 0 Å². The van der Waals surface area contributed by atoms with Crippen molar-refractivity contribution in [1.29, 1.82) is 0 Å². The fraction of sp³-hybridized carbons (Fsp3) is 0.533. The normalized spacial score (nSPS) is 19.1. The molecule has 1 aliphatic rings. The van der Waals surface area contributed by atoms with Crippen molar-refractivity contribution < 1.29 is 9.18 Å². The summed E-state index contributed by atoms with van der Waals surface area (Å²) in [5.74, 6) is 0.00929. The molecule has 0 radical (unpaired) electrons. The monoisotopic (exact) mass is 294 g/mol. The average molecular weight is 294 g/mol. The summed E-state index contributed by atoms with van der Waals surface area (Å²) >= 11 is 0. The molecule has 0 spiro atoms. The van der Waals surface area contributed by atoms with Crippen LogP contribution < -0.4 is 11.1 Å². The summed E-state index contributed by atoms with van der Waals surface area (Å²) in [5.41, 5.74) is 6.41. The Kier molecular flexibility index (Phi) is 5.14. The summed E-state index contributed by atoms with van der Waals surface area (Å²) in [6.45, 7) is 3.35. The van der Waals surface area contributed by atoms with Gasteiger partial charge in [0.15, 0.2) is 0 Å². The maximum Gasteiger partial charge on any atom is 0.238 e. The van der Waals surface area contributed by atoms with Gasteiger partial charge in [-0.15, -0.1) is 0 Å². The van der Waals surface area contributed by atoms with E-state index in [2.05, 4.69) is 17.3 Å². The molecule has 1 aromatic carbocycles. The van der Waals surface area contributed by atoms with Crippen molar-refractivity contribution in [2.45, 2.75) is 6.42 Å². The van der Waals surface area contributed by atoms with Gasteiger partial charge in [-0.25, -0.2) is 4.39 Å². The standard InChI is InChI=1S/C15H23FN4O/c1-19-6-5-11(8-19)9-20(2)10-15(21)18-14-7-12(16)3-4-13(14)17/h3-4,7,11H,5-6,8-10,17H2,1-2H3,(H,18,21). The second-order valence-corrected chi connectivity index (χ2v) is 5.89. The number of nitrogens with one attached hydrogen (secondary N) is 1. The molecule has 2 rings (SSSR count). The highest BCUT2D eigenvalue weighted by Crippen LogP contribution is 2.19. The van der Waals surface area contributed by atoms with Gasteiger partial charge < -0.3 is 16.0 Å². The van der Waals surface area contributed by atoms with E-state index in [9.17, 15) is 9.18 Å². The number of likely N-dealkylation sites (N-methyl/N-ethyl adjacent to an activating group) is 1. The Morgan fingerprint density at radius 2 is 2.33 bits per heavy atom. The van der Waals surface area contributed by atoms with E-state index in [1.165, 1.54) is 24.6 Å². The molecule has 1 heterocycles. The van der Waals surface area contributed by atoms with Crippen LogP contribution in [-0.4, -0.2) is 56.0 Å². The predicted molar refractivity (Wildman–Crippen MR) is 82.5 cm³/mol. The molecule has 0 aliphatic carbocycles. The third-order valence-corrected chi connectivity index (χ3v) is 3.76. The van der Waals surface area contributed by atoms with Gasteiger partial charge in [0.2, 0.25) is 5.91 Å². The third kappa shape index (κ3) is 4.68. The second kappa shape index (κ2) is 6.87. The summed E-state index contributed by atoms with van der Waals surface area (Å²) in [7, 11) is 4.03. The fourth-order valence-corrected chi connectivity index (χ4v) is 2.75. The molecule has 21 heavy (non-hydrogen) atoms. The molecular formula is C15H23FN4O. The lowest BCUT2D eigenvalue weighted by atomic mass is 10.1. The van der Waals surface area contributed by atoms with Gasteiger partial charge in [-0.1, -0.05) is 0 Å². The van der Waals surface area contributed by atoms with Crippen LogP contribution in [0.1, 0.15) is 6.42 Å². The minimum Gasteiger partial charge on any atom is -0.397 e. The smallest absolute Gasteiger partial charge is 0.238 e. The molecule has 1 fully saturated rings. The van der Waals surface area contributed by atoms with Crippen molar-refractivity contribution >= 4 is 17.3 Å². The highest BCUT2D eigenvalue weighted by atomic mass is 19.1. The number of hydrogen-bond donors (Lipinski definition) is 2.